The van der Waals surface area contributed by atoms with Crippen molar-refractivity contribution in [1.82, 2.24) is 30.4 Å². The van der Waals surface area contributed by atoms with Gasteiger partial charge in [-0.25, -0.2) is 27.3 Å². The Bertz CT molecular complexity index is 949. The molecule has 3 amide bonds. The van der Waals surface area contributed by atoms with Gasteiger partial charge < -0.3 is 4.90 Å². The number of halogens is 1. The van der Waals surface area contributed by atoms with Gasteiger partial charge in [-0.2, -0.15) is 5.48 Å². The van der Waals surface area contributed by atoms with E-state index in [9.17, 15) is 22.4 Å². The van der Waals surface area contributed by atoms with Crippen LogP contribution < -0.4 is 15.6 Å². The van der Waals surface area contributed by atoms with Crippen molar-refractivity contribution in [2.75, 3.05) is 39.9 Å². The van der Waals surface area contributed by atoms with Crippen LogP contribution in [0.15, 0.2) is 0 Å². The molecule has 6 unspecified atom stereocenters. The fourth-order valence-electron chi connectivity index (χ4n) is 6.03. The molecule has 6 atom stereocenters. The first-order valence-electron chi connectivity index (χ1n) is 12.7. The largest absolute Gasteiger partial charge is 0.327 e. The van der Waals surface area contributed by atoms with Crippen LogP contribution >= 0.6 is 0 Å². The second kappa shape index (κ2) is 9.49. The van der Waals surface area contributed by atoms with Crippen LogP contribution in [-0.4, -0.2) is 104 Å². The van der Waals surface area contributed by atoms with Gasteiger partial charge in [-0.1, -0.05) is 0 Å². The van der Waals surface area contributed by atoms with Crippen molar-refractivity contribution >= 4 is 22.0 Å². The second-order valence-electron chi connectivity index (χ2n) is 11.2. The zero-order valence-corrected chi connectivity index (χ0v) is 21.2. The average Bonchev–Trinajstić information content (AvgIpc) is 3.26. The van der Waals surface area contributed by atoms with Crippen molar-refractivity contribution in [3.63, 3.8) is 0 Å². The standard InChI is InChI=1S/C22H37FN6O5S/c1-14-7-16(34-25-14)12-29-20(30)18-8-17(35(32,33)26-22(13-23)5-6-22)3-4-19(18)28(21(29)31)11-15-9-24-27(2)10-15/h14-19,24-26H,3-13H2,1-2H3. The first-order chi connectivity index (χ1) is 16.6. The highest BCUT2D eigenvalue weighted by Gasteiger charge is 2.53. The van der Waals surface area contributed by atoms with Gasteiger partial charge in [0, 0.05) is 44.7 Å². The highest BCUT2D eigenvalue weighted by molar-refractivity contribution is 7.90. The van der Waals surface area contributed by atoms with E-state index in [0.717, 1.165) is 13.1 Å². The molecule has 5 rings (SSSR count). The number of hydroxylamine groups is 1. The maximum Gasteiger partial charge on any atom is 0.327 e. The van der Waals surface area contributed by atoms with Crippen molar-refractivity contribution in [1.29, 1.82) is 0 Å². The lowest BCUT2D eigenvalue weighted by Gasteiger charge is -2.49. The van der Waals surface area contributed by atoms with Crippen molar-refractivity contribution < 1.29 is 27.2 Å². The van der Waals surface area contributed by atoms with E-state index in [1.165, 1.54) is 4.90 Å². The van der Waals surface area contributed by atoms with Crippen LogP contribution in [0.5, 0.6) is 0 Å². The Morgan fingerprint density at radius 2 is 1.97 bits per heavy atom. The fraction of sp³-hybridized carbons (Fsp3) is 0.909. The summed E-state index contributed by atoms with van der Waals surface area (Å²) in [6.45, 7) is 3.41. The Morgan fingerprint density at radius 3 is 2.57 bits per heavy atom. The number of sulfonamides is 1. The molecule has 35 heavy (non-hydrogen) atoms. The van der Waals surface area contributed by atoms with E-state index < -0.39 is 33.4 Å². The normalized spacial score (nSPS) is 37.7. The maximum absolute atomic E-state index is 13.6. The predicted molar refractivity (Wildman–Crippen MR) is 125 cm³/mol. The Morgan fingerprint density at radius 1 is 1.20 bits per heavy atom. The topological polar surface area (TPSA) is 123 Å². The molecule has 13 heteroatoms. The molecule has 0 aromatic rings. The van der Waals surface area contributed by atoms with Crippen LogP contribution in [0.2, 0.25) is 0 Å². The smallest absolute Gasteiger partial charge is 0.320 e. The molecule has 11 nitrogen and oxygen atoms in total. The molecule has 0 aromatic heterocycles. The number of hydrazine groups is 1. The summed E-state index contributed by atoms with van der Waals surface area (Å²) in [6, 6.07) is -0.525. The van der Waals surface area contributed by atoms with E-state index in [2.05, 4.69) is 15.6 Å². The van der Waals surface area contributed by atoms with E-state index in [1.807, 2.05) is 19.0 Å². The van der Waals surface area contributed by atoms with Gasteiger partial charge in [-0.15, -0.1) is 0 Å². The molecule has 198 valence electrons. The summed E-state index contributed by atoms with van der Waals surface area (Å²) in [7, 11) is -1.83. The van der Waals surface area contributed by atoms with Gasteiger partial charge in [0.1, 0.15) is 6.67 Å². The minimum atomic E-state index is -3.79. The molecular formula is C22H37FN6O5S. The number of alkyl halides is 1. The minimum Gasteiger partial charge on any atom is -0.320 e. The lowest BCUT2D eigenvalue weighted by atomic mass is 9.80. The number of carbonyl (C=O) groups excluding carboxylic acids is 2. The lowest BCUT2D eigenvalue weighted by Crippen LogP contribution is -2.65. The summed E-state index contributed by atoms with van der Waals surface area (Å²) in [5.74, 6) is -0.721. The number of hydrogen-bond acceptors (Lipinski definition) is 8. The minimum absolute atomic E-state index is 0.125. The number of nitrogens with zero attached hydrogens (tertiary/aromatic N) is 3. The number of urea groups is 1. The molecule has 0 bridgehead atoms. The van der Waals surface area contributed by atoms with E-state index >= 15 is 0 Å². The van der Waals surface area contributed by atoms with E-state index in [-0.39, 0.29) is 49.0 Å². The van der Waals surface area contributed by atoms with Crippen LogP contribution in [0, 0.1) is 11.8 Å². The highest BCUT2D eigenvalue weighted by atomic mass is 32.2. The molecule has 3 saturated heterocycles. The molecule has 2 aliphatic carbocycles. The summed E-state index contributed by atoms with van der Waals surface area (Å²) in [6.07, 6.45) is 2.26. The van der Waals surface area contributed by atoms with E-state index in [1.54, 1.807) is 4.90 Å². The van der Waals surface area contributed by atoms with Crippen molar-refractivity contribution in [2.45, 2.75) is 74.4 Å². The molecule has 0 aromatic carbocycles. The molecule has 0 radical (unpaired) electrons. The Balaban J connectivity index is 1.36. The van der Waals surface area contributed by atoms with Crippen LogP contribution in [0.4, 0.5) is 9.18 Å². The third-order valence-electron chi connectivity index (χ3n) is 8.21. The Kier molecular flexibility index (Phi) is 6.85. The molecule has 2 saturated carbocycles. The SMILES string of the molecule is CC1CC(CN2C(=O)C3CC(S(=O)(=O)NC4(CF)CC4)CCC3N(CC3CNN(C)C3)C2=O)ON1. The number of hydrogen-bond donors (Lipinski definition) is 3. The molecule has 5 fully saturated rings. The van der Waals surface area contributed by atoms with Gasteiger partial charge in [0.15, 0.2) is 0 Å². The Labute approximate surface area is 206 Å². The highest BCUT2D eigenvalue weighted by Crippen LogP contribution is 2.41. The van der Waals surface area contributed by atoms with E-state index in [0.29, 0.717) is 38.6 Å². The first kappa shape index (κ1) is 25.3. The fourth-order valence-corrected chi connectivity index (χ4v) is 7.96. The number of imide groups is 1. The monoisotopic (exact) mass is 516 g/mol. The van der Waals surface area contributed by atoms with Crippen LogP contribution in [0.25, 0.3) is 0 Å². The number of carbonyl (C=O) groups is 2. The molecular weight excluding hydrogens is 479 g/mol. The van der Waals surface area contributed by atoms with Crippen LogP contribution in [0.1, 0.15) is 45.4 Å². The summed E-state index contributed by atoms with van der Waals surface area (Å²) >= 11 is 0. The number of rotatable bonds is 8. The van der Waals surface area contributed by atoms with Crippen molar-refractivity contribution in [2.24, 2.45) is 11.8 Å². The molecule has 5 aliphatic rings. The second-order valence-corrected chi connectivity index (χ2v) is 13.1. The summed E-state index contributed by atoms with van der Waals surface area (Å²) in [4.78, 5) is 35.8. The third-order valence-corrected chi connectivity index (χ3v) is 10.2. The quantitative estimate of drug-likeness (QED) is 0.411. The Hall–Kier alpha value is -1.38. The van der Waals surface area contributed by atoms with Gasteiger partial charge >= 0.3 is 6.03 Å². The van der Waals surface area contributed by atoms with Crippen molar-refractivity contribution in [3.05, 3.63) is 0 Å². The number of amides is 3. The van der Waals surface area contributed by atoms with Crippen molar-refractivity contribution in [3.8, 4) is 0 Å². The zero-order valence-electron chi connectivity index (χ0n) is 20.4. The molecule has 0 spiro atoms. The molecule has 3 heterocycles. The predicted octanol–water partition coefficient (Wildman–Crippen LogP) is -0.0424. The van der Waals surface area contributed by atoms with Gasteiger partial charge in [0.25, 0.3) is 0 Å². The lowest BCUT2D eigenvalue weighted by molar-refractivity contribution is -0.142. The molecule has 3 N–H and O–H groups in total. The summed E-state index contributed by atoms with van der Waals surface area (Å²) in [5.41, 5.74) is 5.18. The van der Waals surface area contributed by atoms with Gasteiger partial charge in [-0.05, 0) is 45.4 Å². The number of nitrogens with one attached hydrogen (secondary N) is 3. The van der Waals surface area contributed by atoms with Gasteiger partial charge in [0.2, 0.25) is 15.9 Å². The summed E-state index contributed by atoms with van der Waals surface area (Å²) < 4.78 is 42.2. The average molecular weight is 517 g/mol. The third kappa shape index (κ3) is 5.08. The number of fused-ring (bicyclic) bond motifs is 1. The van der Waals surface area contributed by atoms with Crippen LogP contribution in [-0.2, 0) is 19.7 Å². The maximum atomic E-state index is 13.6. The first-order valence-corrected chi connectivity index (χ1v) is 14.2. The van der Waals surface area contributed by atoms with Crippen LogP contribution in [0.3, 0.4) is 0 Å². The summed E-state index contributed by atoms with van der Waals surface area (Å²) in [5, 5.41) is 1.21. The van der Waals surface area contributed by atoms with E-state index in [4.69, 9.17) is 4.84 Å². The molecule has 3 aliphatic heterocycles. The van der Waals surface area contributed by atoms with Gasteiger partial charge in [0.05, 0.1) is 29.4 Å². The zero-order chi connectivity index (χ0) is 25.0. The van der Waals surface area contributed by atoms with Gasteiger partial charge in [-0.3, -0.25) is 20.0 Å².